The molecule has 2 heterocycles. The van der Waals surface area contributed by atoms with Crippen LogP contribution in [0.1, 0.15) is 18.4 Å². The molecule has 1 unspecified atom stereocenters. The lowest BCUT2D eigenvalue weighted by molar-refractivity contribution is -0.125. The van der Waals surface area contributed by atoms with E-state index in [4.69, 9.17) is 14.2 Å². The Bertz CT molecular complexity index is 828. The predicted octanol–water partition coefficient (Wildman–Crippen LogP) is 2.71. The SMILES string of the molecule is O=C(NCCOc1ccc2c(c1)OCO2)C1CCCN1Cc1ccc(F)cc1. The Labute approximate surface area is 163 Å². The normalized spacial score (nSPS) is 18.2. The highest BCUT2D eigenvalue weighted by molar-refractivity contribution is 5.82. The number of nitrogens with zero attached hydrogens (tertiary/aromatic N) is 1. The third-order valence-electron chi connectivity index (χ3n) is 4.98. The van der Waals surface area contributed by atoms with Gasteiger partial charge in [-0.1, -0.05) is 12.1 Å². The highest BCUT2D eigenvalue weighted by Crippen LogP contribution is 2.35. The van der Waals surface area contributed by atoms with Crippen LogP contribution >= 0.6 is 0 Å². The molecule has 148 valence electrons. The quantitative estimate of drug-likeness (QED) is 0.742. The molecule has 2 aromatic rings. The van der Waals surface area contributed by atoms with Gasteiger partial charge in [0, 0.05) is 12.6 Å². The fourth-order valence-electron chi connectivity index (χ4n) is 3.56. The van der Waals surface area contributed by atoms with Gasteiger partial charge in [-0.3, -0.25) is 9.69 Å². The minimum Gasteiger partial charge on any atom is -0.492 e. The zero-order valence-electron chi connectivity index (χ0n) is 15.5. The zero-order chi connectivity index (χ0) is 19.3. The minimum atomic E-state index is -0.248. The van der Waals surface area contributed by atoms with Crippen LogP contribution in [0.25, 0.3) is 0 Å². The fourth-order valence-corrected chi connectivity index (χ4v) is 3.56. The average Bonchev–Trinajstić information content (AvgIpc) is 3.35. The molecule has 0 saturated carbocycles. The Kier molecular flexibility index (Phi) is 5.62. The molecule has 1 saturated heterocycles. The van der Waals surface area contributed by atoms with E-state index >= 15 is 0 Å². The number of hydrogen-bond donors (Lipinski definition) is 1. The van der Waals surface area contributed by atoms with Gasteiger partial charge >= 0.3 is 0 Å². The van der Waals surface area contributed by atoms with Gasteiger partial charge < -0.3 is 19.5 Å². The third kappa shape index (κ3) is 4.36. The highest BCUT2D eigenvalue weighted by Gasteiger charge is 2.30. The molecule has 1 N–H and O–H groups in total. The van der Waals surface area contributed by atoms with Crippen LogP contribution < -0.4 is 19.5 Å². The fraction of sp³-hybridized carbons (Fsp3) is 0.381. The number of fused-ring (bicyclic) bond motifs is 1. The number of ether oxygens (including phenoxy) is 3. The van der Waals surface area contributed by atoms with E-state index < -0.39 is 0 Å². The number of benzene rings is 2. The maximum atomic E-state index is 13.1. The molecule has 28 heavy (non-hydrogen) atoms. The van der Waals surface area contributed by atoms with E-state index in [1.54, 1.807) is 18.2 Å². The first-order valence-corrected chi connectivity index (χ1v) is 9.48. The first-order valence-electron chi connectivity index (χ1n) is 9.48. The smallest absolute Gasteiger partial charge is 0.237 e. The minimum absolute atomic E-state index is 0.00824. The topological polar surface area (TPSA) is 60.0 Å². The third-order valence-corrected chi connectivity index (χ3v) is 4.98. The van der Waals surface area contributed by atoms with E-state index in [0.29, 0.717) is 36.9 Å². The highest BCUT2D eigenvalue weighted by atomic mass is 19.1. The number of hydrogen-bond acceptors (Lipinski definition) is 5. The number of carbonyl (C=O) groups is 1. The summed E-state index contributed by atoms with van der Waals surface area (Å²) in [4.78, 5) is 14.7. The molecule has 4 rings (SSSR count). The van der Waals surface area contributed by atoms with Gasteiger partial charge in [-0.25, -0.2) is 4.39 Å². The van der Waals surface area contributed by atoms with Crippen molar-refractivity contribution in [2.24, 2.45) is 0 Å². The monoisotopic (exact) mass is 386 g/mol. The van der Waals surface area contributed by atoms with Crippen LogP contribution in [0.3, 0.4) is 0 Å². The molecule has 6 nitrogen and oxygen atoms in total. The molecule has 0 spiro atoms. The number of likely N-dealkylation sites (tertiary alicyclic amines) is 1. The van der Waals surface area contributed by atoms with Crippen LogP contribution in [-0.2, 0) is 11.3 Å². The van der Waals surface area contributed by atoms with Gasteiger partial charge in [0.05, 0.1) is 12.6 Å². The summed E-state index contributed by atoms with van der Waals surface area (Å²) in [6.45, 7) is 2.53. The summed E-state index contributed by atoms with van der Waals surface area (Å²) in [6, 6.07) is 11.7. The van der Waals surface area contributed by atoms with E-state index in [2.05, 4.69) is 10.2 Å². The molecule has 2 aromatic carbocycles. The molecular formula is C21H23FN2O4. The standard InChI is InChI=1S/C21H23FN2O4/c22-16-5-3-15(4-6-16)13-24-10-1-2-18(24)21(25)23-9-11-26-17-7-8-19-20(12-17)28-14-27-19/h3-8,12,18H,1-2,9-11,13-14H2,(H,23,25). The second-order valence-corrected chi connectivity index (χ2v) is 6.91. The zero-order valence-corrected chi connectivity index (χ0v) is 15.5. The van der Waals surface area contributed by atoms with Gasteiger partial charge in [0.15, 0.2) is 11.5 Å². The summed E-state index contributed by atoms with van der Waals surface area (Å²) < 4.78 is 29.3. The number of halogens is 1. The summed E-state index contributed by atoms with van der Waals surface area (Å²) in [5.41, 5.74) is 1.01. The number of carbonyl (C=O) groups excluding carboxylic acids is 1. The van der Waals surface area contributed by atoms with E-state index in [-0.39, 0.29) is 24.6 Å². The Hall–Kier alpha value is -2.80. The molecule has 0 aliphatic carbocycles. The van der Waals surface area contributed by atoms with E-state index in [1.165, 1.54) is 12.1 Å². The Morgan fingerprint density at radius 1 is 1.18 bits per heavy atom. The summed E-state index contributed by atoms with van der Waals surface area (Å²) in [5.74, 6) is 1.82. The van der Waals surface area contributed by atoms with Crippen molar-refractivity contribution in [2.45, 2.75) is 25.4 Å². The average molecular weight is 386 g/mol. The molecule has 0 bridgehead atoms. The van der Waals surface area contributed by atoms with Crippen molar-refractivity contribution in [1.82, 2.24) is 10.2 Å². The molecule has 7 heteroatoms. The van der Waals surface area contributed by atoms with Crippen molar-refractivity contribution in [3.63, 3.8) is 0 Å². The first-order chi connectivity index (χ1) is 13.7. The first kappa shape index (κ1) is 18.6. The van der Waals surface area contributed by atoms with Crippen molar-refractivity contribution in [3.8, 4) is 17.2 Å². The van der Waals surface area contributed by atoms with Gasteiger partial charge in [0.2, 0.25) is 12.7 Å². The molecule has 0 aromatic heterocycles. The lowest BCUT2D eigenvalue weighted by Gasteiger charge is -2.23. The molecule has 1 amide bonds. The van der Waals surface area contributed by atoms with Crippen LogP contribution in [0.15, 0.2) is 42.5 Å². The van der Waals surface area contributed by atoms with E-state index in [9.17, 15) is 9.18 Å². The van der Waals surface area contributed by atoms with Crippen molar-refractivity contribution in [2.75, 3.05) is 26.5 Å². The van der Waals surface area contributed by atoms with Crippen LogP contribution in [0.2, 0.25) is 0 Å². The molecule has 2 aliphatic heterocycles. The maximum Gasteiger partial charge on any atom is 0.237 e. The van der Waals surface area contributed by atoms with Crippen LogP contribution in [0, 0.1) is 5.82 Å². The van der Waals surface area contributed by atoms with Crippen LogP contribution in [0.5, 0.6) is 17.2 Å². The van der Waals surface area contributed by atoms with Crippen LogP contribution in [0.4, 0.5) is 4.39 Å². The molecule has 1 atom stereocenters. The van der Waals surface area contributed by atoms with Crippen molar-refractivity contribution < 1.29 is 23.4 Å². The van der Waals surface area contributed by atoms with E-state index in [0.717, 1.165) is 24.9 Å². The van der Waals surface area contributed by atoms with Gasteiger partial charge in [-0.15, -0.1) is 0 Å². The summed E-state index contributed by atoms with van der Waals surface area (Å²) in [5, 5.41) is 2.95. The Morgan fingerprint density at radius 2 is 2.00 bits per heavy atom. The molecule has 0 radical (unpaired) electrons. The van der Waals surface area contributed by atoms with Crippen LogP contribution in [-0.4, -0.2) is 43.3 Å². The number of amides is 1. The molecular weight excluding hydrogens is 363 g/mol. The number of nitrogens with one attached hydrogen (secondary N) is 1. The van der Waals surface area contributed by atoms with Gasteiger partial charge in [0.1, 0.15) is 18.2 Å². The van der Waals surface area contributed by atoms with Gasteiger partial charge in [-0.2, -0.15) is 0 Å². The van der Waals surface area contributed by atoms with Gasteiger partial charge in [-0.05, 0) is 49.2 Å². The lowest BCUT2D eigenvalue weighted by atomic mass is 10.1. The van der Waals surface area contributed by atoms with Crippen molar-refractivity contribution >= 4 is 5.91 Å². The van der Waals surface area contributed by atoms with E-state index in [1.807, 2.05) is 12.1 Å². The Morgan fingerprint density at radius 3 is 2.86 bits per heavy atom. The summed E-state index contributed by atoms with van der Waals surface area (Å²) >= 11 is 0. The second-order valence-electron chi connectivity index (χ2n) is 6.91. The lowest BCUT2D eigenvalue weighted by Crippen LogP contribution is -2.44. The number of rotatable bonds is 7. The predicted molar refractivity (Wildman–Crippen MR) is 101 cm³/mol. The molecule has 1 fully saturated rings. The largest absolute Gasteiger partial charge is 0.492 e. The van der Waals surface area contributed by atoms with Crippen molar-refractivity contribution in [1.29, 1.82) is 0 Å². The Balaban J connectivity index is 1.23. The van der Waals surface area contributed by atoms with Crippen molar-refractivity contribution in [3.05, 3.63) is 53.8 Å². The second kappa shape index (κ2) is 8.48. The maximum absolute atomic E-state index is 13.1. The summed E-state index contributed by atoms with van der Waals surface area (Å²) in [7, 11) is 0. The summed E-state index contributed by atoms with van der Waals surface area (Å²) in [6.07, 6.45) is 1.81. The van der Waals surface area contributed by atoms with Gasteiger partial charge in [0.25, 0.3) is 0 Å². The molecule has 2 aliphatic rings.